The minimum atomic E-state index is 0.296. The van der Waals surface area contributed by atoms with E-state index in [1.165, 1.54) is 32.1 Å². The van der Waals surface area contributed by atoms with Crippen molar-refractivity contribution in [2.24, 2.45) is 5.73 Å². The summed E-state index contributed by atoms with van der Waals surface area (Å²) in [4.78, 5) is 14.0. The van der Waals surface area contributed by atoms with Crippen molar-refractivity contribution >= 4 is 5.91 Å². The zero-order valence-corrected chi connectivity index (χ0v) is 12.6. The molecule has 0 aromatic heterocycles. The Morgan fingerprint density at radius 1 is 1.06 bits per heavy atom. The van der Waals surface area contributed by atoms with E-state index in [-0.39, 0.29) is 0 Å². The Morgan fingerprint density at radius 3 is 2.22 bits per heavy atom. The predicted molar refractivity (Wildman–Crippen MR) is 78.5 cm³/mol. The second-order valence-corrected chi connectivity index (χ2v) is 5.34. The monoisotopic (exact) mass is 256 g/mol. The average Bonchev–Trinajstić information content (AvgIpc) is 2.33. The maximum atomic E-state index is 12.1. The Morgan fingerprint density at radius 2 is 1.67 bits per heavy atom. The quantitative estimate of drug-likeness (QED) is 0.576. The van der Waals surface area contributed by atoms with Crippen molar-refractivity contribution in [3.05, 3.63) is 0 Å². The van der Waals surface area contributed by atoms with E-state index in [4.69, 9.17) is 5.73 Å². The highest BCUT2D eigenvalue weighted by Gasteiger charge is 2.15. The third-order valence-corrected chi connectivity index (χ3v) is 3.29. The van der Waals surface area contributed by atoms with Gasteiger partial charge in [0, 0.05) is 19.0 Å². The summed E-state index contributed by atoms with van der Waals surface area (Å²) < 4.78 is 0. The first-order chi connectivity index (χ1) is 8.63. The highest BCUT2D eigenvalue weighted by Crippen LogP contribution is 2.10. The standard InChI is InChI=1S/C15H32N2O/c1-4-5-6-7-8-9-11-15(18)17(14(2)3)13-10-12-16/h14H,4-13,16H2,1-3H3. The van der Waals surface area contributed by atoms with Gasteiger partial charge >= 0.3 is 0 Å². The molecule has 0 unspecified atom stereocenters. The topological polar surface area (TPSA) is 46.3 Å². The molecule has 0 aromatic rings. The molecule has 0 saturated heterocycles. The Hall–Kier alpha value is -0.570. The van der Waals surface area contributed by atoms with Crippen LogP contribution in [0.3, 0.4) is 0 Å². The fourth-order valence-electron chi connectivity index (χ4n) is 2.13. The number of hydrogen-bond donors (Lipinski definition) is 1. The number of carbonyl (C=O) groups is 1. The normalized spacial score (nSPS) is 10.9. The van der Waals surface area contributed by atoms with E-state index in [0.717, 1.165) is 19.4 Å². The fourth-order valence-corrected chi connectivity index (χ4v) is 2.13. The summed E-state index contributed by atoms with van der Waals surface area (Å²) >= 11 is 0. The lowest BCUT2D eigenvalue weighted by Crippen LogP contribution is -2.38. The van der Waals surface area contributed by atoms with Gasteiger partial charge in [-0.15, -0.1) is 0 Å². The first kappa shape index (κ1) is 17.4. The molecule has 1 amide bonds. The number of nitrogens with two attached hydrogens (primary N) is 1. The molecule has 2 N–H and O–H groups in total. The molecule has 0 aliphatic carbocycles. The van der Waals surface area contributed by atoms with E-state index in [1.54, 1.807) is 0 Å². The second-order valence-electron chi connectivity index (χ2n) is 5.34. The summed E-state index contributed by atoms with van der Waals surface area (Å²) in [6, 6.07) is 0.296. The summed E-state index contributed by atoms with van der Waals surface area (Å²) in [6.45, 7) is 7.85. The van der Waals surface area contributed by atoms with Gasteiger partial charge in [-0.25, -0.2) is 0 Å². The van der Waals surface area contributed by atoms with Crippen molar-refractivity contribution in [2.45, 2.75) is 78.2 Å². The van der Waals surface area contributed by atoms with Crippen molar-refractivity contribution in [3.63, 3.8) is 0 Å². The molecule has 0 aliphatic heterocycles. The van der Waals surface area contributed by atoms with Crippen molar-refractivity contribution in [2.75, 3.05) is 13.1 Å². The Labute approximate surface area is 113 Å². The van der Waals surface area contributed by atoms with Gasteiger partial charge in [-0.05, 0) is 33.2 Å². The van der Waals surface area contributed by atoms with Gasteiger partial charge in [0.2, 0.25) is 5.91 Å². The second kappa shape index (κ2) is 11.5. The Kier molecular flexibility index (Phi) is 11.2. The van der Waals surface area contributed by atoms with Gasteiger partial charge < -0.3 is 10.6 Å². The van der Waals surface area contributed by atoms with Crippen LogP contribution in [-0.2, 0) is 4.79 Å². The third-order valence-electron chi connectivity index (χ3n) is 3.29. The van der Waals surface area contributed by atoms with Gasteiger partial charge in [-0.1, -0.05) is 39.0 Å². The number of rotatable bonds is 11. The van der Waals surface area contributed by atoms with Crippen LogP contribution in [0.15, 0.2) is 0 Å². The van der Waals surface area contributed by atoms with Crippen LogP contribution in [0.25, 0.3) is 0 Å². The minimum absolute atomic E-state index is 0.296. The van der Waals surface area contributed by atoms with Gasteiger partial charge in [0.25, 0.3) is 0 Å². The van der Waals surface area contributed by atoms with Crippen LogP contribution in [0.1, 0.15) is 72.1 Å². The molecule has 3 heteroatoms. The number of nitrogens with zero attached hydrogens (tertiary/aromatic N) is 1. The van der Waals surface area contributed by atoms with Crippen molar-refractivity contribution in [3.8, 4) is 0 Å². The van der Waals surface area contributed by atoms with E-state index < -0.39 is 0 Å². The smallest absolute Gasteiger partial charge is 0.222 e. The molecule has 0 fully saturated rings. The zero-order valence-electron chi connectivity index (χ0n) is 12.6. The summed E-state index contributed by atoms with van der Waals surface area (Å²) in [5.74, 6) is 0.300. The van der Waals surface area contributed by atoms with Gasteiger partial charge in [0.1, 0.15) is 0 Å². The number of carbonyl (C=O) groups excluding carboxylic acids is 1. The Balaban J connectivity index is 3.75. The van der Waals surface area contributed by atoms with Crippen LogP contribution in [0.4, 0.5) is 0 Å². The van der Waals surface area contributed by atoms with Crippen molar-refractivity contribution in [1.29, 1.82) is 0 Å². The molecule has 0 rings (SSSR count). The molecular formula is C15H32N2O. The lowest BCUT2D eigenvalue weighted by Gasteiger charge is -2.26. The van der Waals surface area contributed by atoms with Crippen molar-refractivity contribution in [1.82, 2.24) is 4.90 Å². The summed E-state index contributed by atoms with van der Waals surface area (Å²) in [7, 11) is 0. The molecule has 0 bridgehead atoms. The summed E-state index contributed by atoms with van der Waals surface area (Å²) in [5, 5.41) is 0. The van der Waals surface area contributed by atoms with Crippen LogP contribution in [0.5, 0.6) is 0 Å². The highest BCUT2D eigenvalue weighted by molar-refractivity contribution is 5.76. The fraction of sp³-hybridized carbons (Fsp3) is 0.933. The molecular weight excluding hydrogens is 224 g/mol. The van der Waals surface area contributed by atoms with Crippen LogP contribution < -0.4 is 5.73 Å². The highest BCUT2D eigenvalue weighted by atomic mass is 16.2. The molecule has 0 atom stereocenters. The van der Waals surface area contributed by atoms with Crippen LogP contribution >= 0.6 is 0 Å². The molecule has 0 aliphatic rings. The maximum Gasteiger partial charge on any atom is 0.222 e. The summed E-state index contributed by atoms with van der Waals surface area (Å²) in [6.07, 6.45) is 9.01. The molecule has 0 radical (unpaired) electrons. The summed E-state index contributed by atoms with van der Waals surface area (Å²) in [5.41, 5.74) is 5.51. The lowest BCUT2D eigenvalue weighted by atomic mass is 10.1. The third kappa shape index (κ3) is 8.51. The molecule has 108 valence electrons. The largest absolute Gasteiger partial charge is 0.340 e. The van der Waals surface area contributed by atoms with E-state index in [1.807, 2.05) is 4.90 Å². The molecule has 0 spiro atoms. The Bertz CT molecular complexity index is 205. The minimum Gasteiger partial charge on any atom is -0.340 e. The number of unbranched alkanes of at least 4 members (excludes halogenated alkanes) is 5. The van der Waals surface area contributed by atoms with E-state index in [2.05, 4.69) is 20.8 Å². The first-order valence-corrected chi connectivity index (χ1v) is 7.63. The maximum absolute atomic E-state index is 12.1. The molecule has 0 aromatic carbocycles. The number of hydrogen-bond acceptors (Lipinski definition) is 2. The number of amides is 1. The SMILES string of the molecule is CCCCCCCCC(=O)N(CCCN)C(C)C. The van der Waals surface area contributed by atoms with Gasteiger partial charge in [-0.2, -0.15) is 0 Å². The van der Waals surface area contributed by atoms with Crippen molar-refractivity contribution < 1.29 is 4.79 Å². The van der Waals surface area contributed by atoms with Crippen LogP contribution in [-0.4, -0.2) is 29.9 Å². The van der Waals surface area contributed by atoms with Crippen LogP contribution in [0.2, 0.25) is 0 Å². The molecule has 0 heterocycles. The molecule has 3 nitrogen and oxygen atoms in total. The predicted octanol–water partition coefficient (Wildman–Crippen LogP) is 3.32. The molecule has 18 heavy (non-hydrogen) atoms. The van der Waals surface area contributed by atoms with Gasteiger partial charge in [-0.3, -0.25) is 4.79 Å². The van der Waals surface area contributed by atoms with E-state index in [0.29, 0.717) is 24.9 Å². The lowest BCUT2D eigenvalue weighted by molar-refractivity contribution is -0.133. The molecule has 0 saturated carbocycles. The zero-order chi connectivity index (χ0) is 13.8. The van der Waals surface area contributed by atoms with Gasteiger partial charge in [0.05, 0.1) is 0 Å². The first-order valence-electron chi connectivity index (χ1n) is 7.63. The average molecular weight is 256 g/mol. The van der Waals surface area contributed by atoms with Crippen LogP contribution in [0, 0.1) is 0 Å². The van der Waals surface area contributed by atoms with E-state index >= 15 is 0 Å². The van der Waals surface area contributed by atoms with Gasteiger partial charge in [0.15, 0.2) is 0 Å². The van der Waals surface area contributed by atoms with E-state index in [9.17, 15) is 4.79 Å².